The summed E-state index contributed by atoms with van der Waals surface area (Å²) in [4.78, 5) is 3.99. The van der Waals surface area contributed by atoms with Crippen molar-refractivity contribution in [2.24, 2.45) is 0 Å². The number of rotatable bonds is 5. The van der Waals surface area contributed by atoms with Crippen molar-refractivity contribution in [2.45, 2.75) is 19.6 Å². The number of nitrogens with one attached hydrogen (secondary N) is 1. The van der Waals surface area contributed by atoms with Gasteiger partial charge in [-0.15, -0.1) is 0 Å². The third-order valence-electron chi connectivity index (χ3n) is 1.90. The number of aliphatic hydroxyl groups is 1. The molecule has 0 radical (unpaired) electrons. The Kier molecular flexibility index (Phi) is 4.35. The van der Waals surface area contributed by atoms with E-state index in [4.69, 9.17) is 9.84 Å². The van der Waals surface area contributed by atoms with Crippen molar-refractivity contribution in [3.63, 3.8) is 0 Å². The van der Waals surface area contributed by atoms with Crippen LogP contribution in [-0.4, -0.2) is 29.8 Å². The summed E-state index contributed by atoms with van der Waals surface area (Å²) in [7, 11) is 1.66. The van der Waals surface area contributed by atoms with E-state index in [1.165, 1.54) is 0 Å². The Bertz CT molecular complexity index is 279. The number of ether oxygens (including phenoxy) is 1. The van der Waals surface area contributed by atoms with E-state index in [1.54, 1.807) is 25.6 Å². The number of nitrogens with zero attached hydrogens (tertiary/aromatic N) is 1. The summed E-state index contributed by atoms with van der Waals surface area (Å²) in [5, 5.41) is 12.3. The molecule has 0 bridgehead atoms. The van der Waals surface area contributed by atoms with Crippen LogP contribution in [0, 0.1) is 0 Å². The SMILES string of the molecule is COCC(C)Nc1cnccc1CO. The Labute approximate surface area is 83.9 Å². The van der Waals surface area contributed by atoms with Crippen molar-refractivity contribution in [3.05, 3.63) is 24.0 Å². The molecule has 1 unspecified atom stereocenters. The molecule has 0 aliphatic rings. The number of hydrogen-bond donors (Lipinski definition) is 2. The average molecular weight is 196 g/mol. The summed E-state index contributed by atoms with van der Waals surface area (Å²) in [6.45, 7) is 2.65. The number of methoxy groups -OCH3 is 1. The molecule has 0 saturated carbocycles. The highest BCUT2D eigenvalue weighted by molar-refractivity contribution is 5.49. The molecule has 0 aliphatic carbocycles. The normalized spacial score (nSPS) is 12.5. The van der Waals surface area contributed by atoms with Crippen LogP contribution in [0.2, 0.25) is 0 Å². The fraction of sp³-hybridized carbons (Fsp3) is 0.500. The van der Waals surface area contributed by atoms with Crippen molar-refractivity contribution in [3.8, 4) is 0 Å². The monoisotopic (exact) mass is 196 g/mol. The third-order valence-corrected chi connectivity index (χ3v) is 1.90. The highest BCUT2D eigenvalue weighted by atomic mass is 16.5. The first-order valence-electron chi connectivity index (χ1n) is 4.57. The minimum absolute atomic E-state index is 0.0184. The molecule has 4 heteroatoms. The van der Waals surface area contributed by atoms with Gasteiger partial charge in [0.05, 0.1) is 25.1 Å². The van der Waals surface area contributed by atoms with Crippen molar-refractivity contribution in [2.75, 3.05) is 19.0 Å². The van der Waals surface area contributed by atoms with Gasteiger partial charge in [0.15, 0.2) is 0 Å². The van der Waals surface area contributed by atoms with Crippen molar-refractivity contribution >= 4 is 5.69 Å². The van der Waals surface area contributed by atoms with Crippen LogP contribution in [0.1, 0.15) is 12.5 Å². The quantitative estimate of drug-likeness (QED) is 0.738. The zero-order chi connectivity index (χ0) is 10.4. The van der Waals surface area contributed by atoms with E-state index in [9.17, 15) is 0 Å². The van der Waals surface area contributed by atoms with Crippen LogP contribution in [0.4, 0.5) is 5.69 Å². The van der Waals surface area contributed by atoms with Gasteiger partial charge < -0.3 is 15.2 Å². The smallest absolute Gasteiger partial charge is 0.0703 e. The number of aliphatic hydroxyl groups excluding tert-OH is 1. The summed E-state index contributed by atoms with van der Waals surface area (Å²) in [5.74, 6) is 0. The second kappa shape index (κ2) is 5.57. The highest BCUT2D eigenvalue weighted by Crippen LogP contribution is 2.14. The first kappa shape index (κ1) is 10.9. The molecule has 1 heterocycles. The Balaban J connectivity index is 2.65. The first-order chi connectivity index (χ1) is 6.77. The molecule has 78 valence electrons. The standard InChI is InChI=1S/C10H16N2O2/c1-8(7-14-2)12-10-5-11-4-3-9(10)6-13/h3-5,8,12-13H,6-7H2,1-2H3. The lowest BCUT2D eigenvalue weighted by Crippen LogP contribution is -2.21. The molecule has 2 N–H and O–H groups in total. The first-order valence-corrected chi connectivity index (χ1v) is 4.57. The number of aromatic nitrogens is 1. The van der Waals surface area contributed by atoms with Crippen LogP contribution in [0.25, 0.3) is 0 Å². The highest BCUT2D eigenvalue weighted by Gasteiger charge is 2.04. The molecule has 1 aromatic rings. The van der Waals surface area contributed by atoms with Crippen LogP contribution in [0.15, 0.2) is 18.5 Å². The maximum Gasteiger partial charge on any atom is 0.0703 e. The van der Waals surface area contributed by atoms with Gasteiger partial charge in [-0.2, -0.15) is 0 Å². The largest absolute Gasteiger partial charge is 0.392 e. The molecule has 0 aliphatic heterocycles. The minimum atomic E-state index is 0.0184. The summed E-state index contributed by atoms with van der Waals surface area (Å²) in [6, 6.07) is 2.00. The molecule has 4 nitrogen and oxygen atoms in total. The van der Waals surface area contributed by atoms with E-state index in [1.807, 2.05) is 6.92 Å². The van der Waals surface area contributed by atoms with Crippen molar-refractivity contribution in [1.29, 1.82) is 0 Å². The van der Waals surface area contributed by atoms with Gasteiger partial charge in [-0.1, -0.05) is 0 Å². The van der Waals surface area contributed by atoms with Gasteiger partial charge in [-0.3, -0.25) is 4.98 Å². The lowest BCUT2D eigenvalue weighted by atomic mass is 10.2. The number of anilines is 1. The predicted molar refractivity (Wildman–Crippen MR) is 55.1 cm³/mol. The maximum atomic E-state index is 9.06. The Morgan fingerprint density at radius 1 is 1.64 bits per heavy atom. The van der Waals surface area contributed by atoms with Crippen LogP contribution in [0.3, 0.4) is 0 Å². The molecule has 0 fully saturated rings. The molecule has 0 saturated heterocycles. The summed E-state index contributed by atoms with van der Waals surface area (Å²) < 4.78 is 5.00. The number of pyridine rings is 1. The molecule has 14 heavy (non-hydrogen) atoms. The molecular weight excluding hydrogens is 180 g/mol. The van der Waals surface area contributed by atoms with E-state index in [0.29, 0.717) is 6.61 Å². The van der Waals surface area contributed by atoms with Crippen LogP contribution < -0.4 is 5.32 Å². The van der Waals surface area contributed by atoms with Crippen LogP contribution in [0.5, 0.6) is 0 Å². The Morgan fingerprint density at radius 2 is 2.43 bits per heavy atom. The minimum Gasteiger partial charge on any atom is -0.392 e. The molecule has 0 aromatic carbocycles. The zero-order valence-electron chi connectivity index (χ0n) is 8.53. The molecule has 1 atom stereocenters. The lowest BCUT2D eigenvalue weighted by molar-refractivity contribution is 0.190. The molecule has 1 aromatic heterocycles. The van der Waals surface area contributed by atoms with E-state index in [2.05, 4.69) is 10.3 Å². The topological polar surface area (TPSA) is 54.4 Å². The van der Waals surface area contributed by atoms with Gasteiger partial charge in [0.25, 0.3) is 0 Å². The van der Waals surface area contributed by atoms with Crippen LogP contribution in [-0.2, 0) is 11.3 Å². The summed E-state index contributed by atoms with van der Waals surface area (Å²) in [6.07, 6.45) is 3.37. The molecular formula is C10H16N2O2. The van der Waals surface area contributed by atoms with Crippen molar-refractivity contribution < 1.29 is 9.84 Å². The van der Waals surface area contributed by atoms with Gasteiger partial charge >= 0.3 is 0 Å². The third kappa shape index (κ3) is 2.97. The van der Waals surface area contributed by atoms with E-state index in [-0.39, 0.29) is 12.6 Å². The van der Waals surface area contributed by atoms with E-state index < -0.39 is 0 Å². The van der Waals surface area contributed by atoms with Gasteiger partial charge in [-0.25, -0.2) is 0 Å². The van der Waals surface area contributed by atoms with E-state index in [0.717, 1.165) is 11.3 Å². The fourth-order valence-corrected chi connectivity index (χ4v) is 1.25. The summed E-state index contributed by atoms with van der Waals surface area (Å²) in [5.41, 5.74) is 1.71. The second-order valence-electron chi connectivity index (χ2n) is 3.19. The Morgan fingerprint density at radius 3 is 3.07 bits per heavy atom. The van der Waals surface area contributed by atoms with Crippen LogP contribution >= 0.6 is 0 Å². The van der Waals surface area contributed by atoms with Crippen molar-refractivity contribution in [1.82, 2.24) is 4.98 Å². The van der Waals surface area contributed by atoms with Gasteiger partial charge in [-0.05, 0) is 13.0 Å². The summed E-state index contributed by atoms with van der Waals surface area (Å²) >= 11 is 0. The average Bonchev–Trinajstić information content (AvgIpc) is 2.19. The lowest BCUT2D eigenvalue weighted by Gasteiger charge is -2.15. The molecule has 0 spiro atoms. The van der Waals surface area contributed by atoms with Gasteiger partial charge in [0, 0.05) is 24.9 Å². The molecule has 1 rings (SSSR count). The fourth-order valence-electron chi connectivity index (χ4n) is 1.25. The molecule has 0 amide bonds. The zero-order valence-corrected chi connectivity index (χ0v) is 8.53. The van der Waals surface area contributed by atoms with Gasteiger partial charge in [0.2, 0.25) is 0 Å². The Hall–Kier alpha value is -1.13. The van der Waals surface area contributed by atoms with E-state index >= 15 is 0 Å². The second-order valence-corrected chi connectivity index (χ2v) is 3.19. The predicted octanol–water partition coefficient (Wildman–Crippen LogP) is 1.02. The maximum absolute atomic E-state index is 9.06. The number of hydrogen-bond acceptors (Lipinski definition) is 4. The van der Waals surface area contributed by atoms with Gasteiger partial charge in [0.1, 0.15) is 0 Å².